The number of nitrogens with one attached hydrogen (secondary N) is 1. The number of nitrogens with zero attached hydrogens (tertiary/aromatic N) is 1. The van der Waals surface area contributed by atoms with Gasteiger partial charge in [-0.3, -0.25) is 9.59 Å². The Kier molecular flexibility index (Phi) is 9.85. The first kappa shape index (κ1) is 17.7. The van der Waals surface area contributed by atoms with E-state index < -0.39 is 0 Å². The number of carbonyl (C=O) groups excluding carboxylic acids is 2. The summed E-state index contributed by atoms with van der Waals surface area (Å²) >= 11 is 0. The molecule has 0 heterocycles. The van der Waals surface area contributed by atoms with Crippen LogP contribution in [0.25, 0.3) is 0 Å². The summed E-state index contributed by atoms with van der Waals surface area (Å²) in [6.45, 7) is 9.66. The first-order chi connectivity index (χ1) is 8.97. The van der Waals surface area contributed by atoms with E-state index in [4.69, 9.17) is 0 Å². The molecule has 0 spiro atoms. The Hall–Kier alpha value is -1.32. The van der Waals surface area contributed by atoms with Crippen molar-refractivity contribution in [1.82, 2.24) is 10.2 Å². The summed E-state index contributed by atoms with van der Waals surface area (Å²) in [6.07, 6.45) is 6.21. The third-order valence-electron chi connectivity index (χ3n) is 2.90. The van der Waals surface area contributed by atoms with Gasteiger partial charge in [-0.15, -0.1) is 0 Å². The molecule has 0 radical (unpaired) electrons. The van der Waals surface area contributed by atoms with E-state index in [9.17, 15) is 9.59 Å². The number of allylic oxidation sites excluding steroid dienone is 1. The van der Waals surface area contributed by atoms with Crippen molar-refractivity contribution in [2.45, 2.75) is 47.0 Å². The summed E-state index contributed by atoms with van der Waals surface area (Å²) in [5.41, 5.74) is 0. The molecule has 0 rings (SSSR count). The van der Waals surface area contributed by atoms with Crippen LogP contribution < -0.4 is 5.32 Å². The van der Waals surface area contributed by atoms with Crippen LogP contribution in [0, 0.1) is 5.92 Å². The molecule has 0 saturated carbocycles. The van der Waals surface area contributed by atoms with Crippen LogP contribution in [0.5, 0.6) is 0 Å². The maximum absolute atomic E-state index is 11.6. The molecule has 1 N–H and O–H groups in total. The molecule has 4 nitrogen and oxygen atoms in total. The molecular weight excluding hydrogens is 240 g/mol. The number of carbonyl (C=O) groups is 2. The second kappa shape index (κ2) is 10.6. The van der Waals surface area contributed by atoms with E-state index in [0.29, 0.717) is 25.4 Å². The highest BCUT2D eigenvalue weighted by Crippen LogP contribution is 1.99. The minimum absolute atomic E-state index is 0.0259. The lowest BCUT2D eigenvalue weighted by Gasteiger charge is -2.20. The summed E-state index contributed by atoms with van der Waals surface area (Å²) in [7, 11) is 0. The zero-order valence-corrected chi connectivity index (χ0v) is 12.7. The fraction of sp³-hybridized carbons (Fsp3) is 0.733. The molecule has 0 saturated heterocycles. The zero-order chi connectivity index (χ0) is 14.7. The van der Waals surface area contributed by atoms with Crippen molar-refractivity contribution >= 4 is 11.8 Å². The molecule has 0 aliphatic rings. The molecule has 0 fully saturated rings. The van der Waals surface area contributed by atoms with Gasteiger partial charge in [-0.05, 0) is 25.7 Å². The molecule has 0 atom stereocenters. The molecule has 4 heteroatoms. The van der Waals surface area contributed by atoms with Crippen LogP contribution >= 0.6 is 0 Å². The highest BCUT2D eigenvalue weighted by atomic mass is 16.2. The van der Waals surface area contributed by atoms with E-state index in [1.54, 1.807) is 11.8 Å². The zero-order valence-electron chi connectivity index (χ0n) is 12.7. The summed E-state index contributed by atoms with van der Waals surface area (Å²) in [4.78, 5) is 24.8. The van der Waals surface area contributed by atoms with Crippen LogP contribution in [-0.4, -0.2) is 36.3 Å². The van der Waals surface area contributed by atoms with Crippen molar-refractivity contribution in [2.75, 3.05) is 19.6 Å². The quantitative estimate of drug-likeness (QED) is 0.653. The Morgan fingerprint density at radius 3 is 2.47 bits per heavy atom. The van der Waals surface area contributed by atoms with Gasteiger partial charge in [0.1, 0.15) is 0 Å². The van der Waals surface area contributed by atoms with Gasteiger partial charge >= 0.3 is 0 Å². The second-order valence-corrected chi connectivity index (χ2v) is 5.15. The van der Waals surface area contributed by atoms with Crippen LogP contribution in [0.1, 0.15) is 47.0 Å². The van der Waals surface area contributed by atoms with Crippen molar-refractivity contribution in [3.05, 3.63) is 12.2 Å². The highest BCUT2D eigenvalue weighted by Gasteiger charge is 2.10. The Morgan fingerprint density at radius 1 is 1.26 bits per heavy atom. The normalized spacial score (nSPS) is 11.0. The third kappa shape index (κ3) is 10.3. The standard InChI is InChI=1S/C15H28N2O2/c1-5-6-7-11-17(14(4)18)12-9-15(19)16-10-8-13(2)3/h5-6,13H,7-12H2,1-4H3,(H,16,19)/b6-5-. The first-order valence-electron chi connectivity index (χ1n) is 7.10. The third-order valence-corrected chi connectivity index (χ3v) is 2.90. The van der Waals surface area contributed by atoms with Crippen LogP contribution in [0.3, 0.4) is 0 Å². The molecule has 0 aliphatic carbocycles. The molecule has 0 aliphatic heterocycles. The van der Waals surface area contributed by atoms with Crippen LogP contribution in [0.4, 0.5) is 0 Å². The average Bonchev–Trinajstić information content (AvgIpc) is 2.32. The predicted octanol–water partition coefficient (Wildman–Crippen LogP) is 2.35. The molecule has 19 heavy (non-hydrogen) atoms. The van der Waals surface area contributed by atoms with E-state index in [1.165, 1.54) is 0 Å². The largest absolute Gasteiger partial charge is 0.356 e. The number of hydrogen-bond acceptors (Lipinski definition) is 2. The average molecular weight is 268 g/mol. The number of hydrogen-bond donors (Lipinski definition) is 1. The molecule has 0 unspecified atom stereocenters. The lowest BCUT2D eigenvalue weighted by molar-refractivity contribution is -0.129. The van der Waals surface area contributed by atoms with E-state index >= 15 is 0 Å². The minimum Gasteiger partial charge on any atom is -0.356 e. The summed E-state index contributed by atoms with van der Waals surface area (Å²) in [5, 5.41) is 2.88. The van der Waals surface area contributed by atoms with E-state index in [1.807, 2.05) is 19.1 Å². The fourth-order valence-electron chi connectivity index (χ4n) is 1.65. The smallest absolute Gasteiger partial charge is 0.221 e. The fourth-order valence-corrected chi connectivity index (χ4v) is 1.65. The molecule has 2 amide bonds. The van der Waals surface area contributed by atoms with Gasteiger partial charge in [0.2, 0.25) is 11.8 Å². The summed E-state index contributed by atoms with van der Waals surface area (Å²) in [5.74, 6) is 0.646. The number of rotatable bonds is 9. The lowest BCUT2D eigenvalue weighted by atomic mass is 10.1. The first-order valence-corrected chi connectivity index (χ1v) is 7.10. The Balaban J connectivity index is 3.90. The van der Waals surface area contributed by atoms with Crippen molar-refractivity contribution in [2.24, 2.45) is 5.92 Å². The summed E-state index contributed by atoms with van der Waals surface area (Å²) < 4.78 is 0. The van der Waals surface area contributed by atoms with Crippen LogP contribution in [0.15, 0.2) is 12.2 Å². The van der Waals surface area contributed by atoms with E-state index in [-0.39, 0.29) is 11.8 Å². The SMILES string of the molecule is C/C=C\CCN(CCC(=O)NCCC(C)C)C(C)=O. The second-order valence-electron chi connectivity index (χ2n) is 5.15. The van der Waals surface area contributed by atoms with E-state index in [2.05, 4.69) is 19.2 Å². The van der Waals surface area contributed by atoms with Gasteiger partial charge in [0.15, 0.2) is 0 Å². The molecular formula is C15H28N2O2. The topological polar surface area (TPSA) is 49.4 Å². The minimum atomic E-state index is 0.0259. The van der Waals surface area contributed by atoms with Crippen molar-refractivity contribution in [1.29, 1.82) is 0 Å². The van der Waals surface area contributed by atoms with Gasteiger partial charge in [-0.2, -0.15) is 0 Å². The maximum atomic E-state index is 11.6. The summed E-state index contributed by atoms with van der Waals surface area (Å²) in [6, 6.07) is 0. The molecule has 0 bridgehead atoms. The van der Waals surface area contributed by atoms with E-state index in [0.717, 1.165) is 19.4 Å². The predicted molar refractivity (Wildman–Crippen MR) is 78.8 cm³/mol. The van der Waals surface area contributed by atoms with Crippen molar-refractivity contribution < 1.29 is 9.59 Å². The Bertz CT molecular complexity index is 299. The Morgan fingerprint density at radius 2 is 1.95 bits per heavy atom. The number of amides is 2. The highest BCUT2D eigenvalue weighted by molar-refractivity contribution is 5.77. The van der Waals surface area contributed by atoms with Crippen LogP contribution in [0.2, 0.25) is 0 Å². The maximum Gasteiger partial charge on any atom is 0.221 e. The van der Waals surface area contributed by atoms with Gasteiger partial charge in [0.05, 0.1) is 0 Å². The van der Waals surface area contributed by atoms with Gasteiger partial charge in [-0.25, -0.2) is 0 Å². The van der Waals surface area contributed by atoms with Gasteiger partial charge in [0, 0.05) is 33.0 Å². The molecule has 0 aromatic carbocycles. The Labute approximate surface area is 117 Å². The monoisotopic (exact) mass is 268 g/mol. The molecule has 110 valence electrons. The molecule has 0 aromatic rings. The van der Waals surface area contributed by atoms with Crippen molar-refractivity contribution in [3.63, 3.8) is 0 Å². The van der Waals surface area contributed by atoms with Gasteiger partial charge in [0.25, 0.3) is 0 Å². The van der Waals surface area contributed by atoms with Crippen molar-refractivity contribution in [3.8, 4) is 0 Å². The van der Waals surface area contributed by atoms with Crippen LogP contribution in [-0.2, 0) is 9.59 Å². The molecule has 0 aromatic heterocycles. The van der Waals surface area contributed by atoms with Gasteiger partial charge < -0.3 is 10.2 Å². The van der Waals surface area contributed by atoms with Gasteiger partial charge in [-0.1, -0.05) is 26.0 Å². The lowest BCUT2D eigenvalue weighted by Crippen LogP contribution is -2.34.